The predicted molar refractivity (Wildman–Crippen MR) is 102 cm³/mol. The van der Waals surface area contributed by atoms with Crippen molar-refractivity contribution in [3.05, 3.63) is 45.8 Å². The van der Waals surface area contributed by atoms with Gasteiger partial charge in [-0.2, -0.15) is 0 Å². The second kappa shape index (κ2) is 8.80. The molecule has 25 heavy (non-hydrogen) atoms. The summed E-state index contributed by atoms with van der Waals surface area (Å²) < 4.78 is 2.64. The van der Waals surface area contributed by atoms with E-state index in [0.717, 1.165) is 22.9 Å². The van der Waals surface area contributed by atoms with E-state index in [1.165, 1.54) is 0 Å². The van der Waals surface area contributed by atoms with Gasteiger partial charge in [0.25, 0.3) is 5.91 Å². The van der Waals surface area contributed by atoms with Crippen LogP contribution in [0.2, 0.25) is 0 Å². The number of hydrogen-bond donors (Lipinski definition) is 2. The fourth-order valence-corrected chi connectivity index (χ4v) is 3.06. The second-order valence-electron chi connectivity index (χ2n) is 5.70. The Morgan fingerprint density at radius 2 is 2.04 bits per heavy atom. The summed E-state index contributed by atoms with van der Waals surface area (Å²) in [6.07, 6.45) is 2.15. The largest absolute Gasteiger partial charge is 0.371 e. The lowest BCUT2D eigenvalue weighted by molar-refractivity contribution is 0.0953. The monoisotopic (exact) mass is 406 g/mol. The van der Waals surface area contributed by atoms with Crippen molar-refractivity contribution in [2.75, 3.05) is 19.4 Å². The number of nitrogens with one attached hydrogen (secondary N) is 2. The van der Waals surface area contributed by atoms with Crippen LogP contribution in [0.3, 0.4) is 0 Å². The number of rotatable bonds is 8. The summed E-state index contributed by atoms with van der Waals surface area (Å²) in [6, 6.07) is 7.78. The maximum absolute atomic E-state index is 12.6. The summed E-state index contributed by atoms with van der Waals surface area (Å²) in [5, 5.41) is 5.55. The molecule has 0 saturated heterocycles. The van der Waals surface area contributed by atoms with Crippen molar-refractivity contribution in [1.29, 1.82) is 0 Å². The lowest BCUT2D eigenvalue weighted by atomic mass is 10.1. The first-order chi connectivity index (χ1) is 12.0. The molecular weight excluding hydrogens is 384 g/mol. The first kappa shape index (κ1) is 19.2. The molecule has 0 atom stereocenters. The molecule has 0 aliphatic heterocycles. The van der Waals surface area contributed by atoms with Gasteiger partial charge in [-0.05, 0) is 24.1 Å². The van der Waals surface area contributed by atoms with Crippen molar-refractivity contribution in [3.63, 3.8) is 0 Å². The summed E-state index contributed by atoms with van der Waals surface area (Å²) in [4.78, 5) is 29.4. The maximum Gasteiger partial charge on any atom is 0.271 e. The molecule has 2 rings (SSSR count). The van der Waals surface area contributed by atoms with Gasteiger partial charge in [0.1, 0.15) is 0 Å². The summed E-state index contributed by atoms with van der Waals surface area (Å²) in [5.74, 6) is 0.399. The zero-order valence-electron chi connectivity index (χ0n) is 14.7. The number of amides is 1. The molecule has 0 bridgehead atoms. The van der Waals surface area contributed by atoms with Gasteiger partial charge in [-0.25, -0.2) is 4.98 Å². The minimum absolute atomic E-state index is 0.0523. The number of ketones is 1. The van der Waals surface area contributed by atoms with E-state index in [2.05, 4.69) is 31.5 Å². The molecule has 0 radical (unpaired) electrons. The minimum atomic E-state index is -0.276. The smallest absolute Gasteiger partial charge is 0.271 e. The third-order valence-electron chi connectivity index (χ3n) is 3.88. The third kappa shape index (κ3) is 4.48. The molecule has 2 aromatic rings. The molecule has 0 fully saturated rings. The van der Waals surface area contributed by atoms with E-state index in [4.69, 9.17) is 0 Å². The molecule has 6 nitrogen and oxygen atoms in total. The zero-order valence-corrected chi connectivity index (χ0v) is 16.3. The summed E-state index contributed by atoms with van der Waals surface area (Å²) in [6.45, 7) is 2.43. The SMILES string of the molecule is CCCCC(=O)c1nc(NC)c(C(=O)NC)n1Cc1cccc(Br)c1. The van der Waals surface area contributed by atoms with Crippen LogP contribution < -0.4 is 10.6 Å². The fraction of sp³-hybridized carbons (Fsp3) is 0.389. The number of aromatic nitrogens is 2. The Balaban J connectivity index is 2.53. The van der Waals surface area contributed by atoms with Crippen LogP contribution in [0.5, 0.6) is 0 Å². The van der Waals surface area contributed by atoms with E-state index in [-0.39, 0.29) is 11.7 Å². The molecule has 0 aliphatic rings. The molecule has 0 aliphatic carbocycles. The average molecular weight is 407 g/mol. The van der Waals surface area contributed by atoms with Crippen molar-refractivity contribution in [3.8, 4) is 0 Å². The number of hydrogen-bond acceptors (Lipinski definition) is 4. The van der Waals surface area contributed by atoms with Crippen LogP contribution >= 0.6 is 15.9 Å². The Morgan fingerprint density at radius 1 is 1.28 bits per heavy atom. The Morgan fingerprint density at radius 3 is 2.64 bits per heavy atom. The molecule has 1 amide bonds. The van der Waals surface area contributed by atoms with Crippen LogP contribution in [0.15, 0.2) is 28.7 Å². The quantitative estimate of drug-likeness (QED) is 0.658. The van der Waals surface area contributed by atoms with E-state index in [1.807, 2.05) is 31.2 Å². The molecule has 1 aromatic carbocycles. The van der Waals surface area contributed by atoms with Gasteiger partial charge in [0.2, 0.25) is 0 Å². The van der Waals surface area contributed by atoms with Gasteiger partial charge in [0.05, 0.1) is 6.54 Å². The standard InChI is InChI=1S/C18H23BrN4O2/c1-4-5-9-14(24)17-22-16(20-2)15(18(25)21-3)23(17)11-12-7-6-8-13(19)10-12/h6-8,10,20H,4-5,9,11H2,1-3H3,(H,21,25). The molecule has 1 aromatic heterocycles. The molecule has 2 N–H and O–H groups in total. The summed E-state index contributed by atoms with van der Waals surface area (Å²) >= 11 is 3.45. The van der Waals surface area contributed by atoms with Crippen molar-refractivity contribution in [1.82, 2.24) is 14.9 Å². The highest BCUT2D eigenvalue weighted by Crippen LogP contribution is 2.22. The fourth-order valence-electron chi connectivity index (χ4n) is 2.61. The number of halogens is 1. The highest BCUT2D eigenvalue weighted by molar-refractivity contribution is 9.10. The van der Waals surface area contributed by atoms with Gasteiger partial charge in [0, 0.05) is 25.0 Å². The Hall–Kier alpha value is -2.15. The van der Waals surface area contributed by atoms with E-state index in [1.54, 1.807) is 18.7 Å². The van der Waals surface area contributed by atoms with E-state index < -0.39 is 0 Å². The van der Waals surface area contributed by atoms with Crippen molar-refractivity contribution >= 4 is 33.4 Å². The molecule has 134 valence electrons. The molecule has 0 unspecified atom stereocenters. The zero-order chi connectivity index (χ0) is 18.4. The van der Waals surface area contributed by atoms with Crippen molar-refractivity contribution in [2.24, 2.45) is 0 Å². The Bertz CT molecular complexity index is 770. The van der Waals surface area contributed by atoms with Crippen LogP contribution in [0.25, 0.3) is 0 Å². The average Bonchev–Trinajstić information content (AvgIpc) is 2.97. The molecule has 0 saturated carbocycles. The predicted octanol–water partition coefficient (Wildman–Crippen LogP) is 3.47. The number of nitrogens with zero attached hydrogens (tertiary/aromatic N) is 2. The van der Waals surface area contributed by atoms with Crippen LogP contribution in [0, 0.1) is 0 Å². The first-order valence-electron chi connectivity index (χ1n) is 8.29. The normalized spacial score (nSPS) is 10.6. The van der Waals surface area contributed by atoms with Gasteiger partial charge >= 0.3 is 0 Å². The number of carbonyl (C=O) groups is 2. The van der Waals surface area contributed by atoms with Gasteiger partial charge in [-0.1, -0.05) is 41.4 Å². The van der Waals surface area contributed by atoms with E-state index in [9.17, 15) is 9.59 Å². The van der Waals surface area contributed by atoms with E-state index in [0.29, 0.717) is 30.3 Å². The highest BCUT2D eigenvalue weighted by Gasteiger charge is 2.25. The van der Waals surface area contributed by atoms with Gasteiger partial charge in [-0.3, -0.25) is 9.59 Å². The number of imidazole rings is 1. The Labute approximate surface area is 156 Å². The van der Waals surface area contributed by atoms with Crippen molar-refractivity contribution < 1.29 is 9.59 Å². The lowest BCUT2D eigenvalue weighted by Crippen LogP contribution is -2.24. The minimum Gasteiger partial charge on any atom is -0.371 e. The van der Waals surface area contributed by atoms with Gasteiger partial charge in [0.15, 0.2) is 23.1 Å². The van der Waals surface area contributed by atoms with Crippen molar-refractivity contribution in [2.45, 2.75) is 32.7 Å². The number of carbonyl (C=O) groups excluding carboxylic acids is 2. The van der Waals surface area contributed by atoms with Crippen LogP contribution in [-0.2, 0) is 6.54 Å². The summed E-state index contributed by atoms with van der Waals surface area (Å²) in [7, 11) is 3.26. The topological polar surface area (TPSA) is 76.0 Å². The first-order valence-corrected chi connectivity index (χ1v) is 9.09. The van der Waals surface area contributed by atoms with Crippen LogP contribution in [0.4, 0.5) is 5.82 Å². The number of anilines is 1. The van der Waals surface area contributed by atoms with E-state index >= 15 is 0 Å². The third-order valence-corrected chi connectivity index (χ3v) is 4.38. The number of Topliss-reactive ketones (excluding diaryl/α,β-unsaturated/α-hetero) is 1. The molecule has 7 heteroatoms. The highest BCUT2D eigenvalue weighted by atomic mass is 79.9. The Kier molecular flexibility index (Phi) is 6.75. The lowest BCUT2D eigenvalue weighted by Gasteiger charge is -2.12. The molecular formula is C18H23BrN4O2. The van der Waals surface area contributed by atoms with Gasteiger partial charge < -0.3 is 15.2 Å². The molecule has 0 spiro atoms. The summed E-state index contributed by atoms with van der Waals surface area (Å²) in [5.41, 5.74) is 1.34. The number of unbranched alkanes of at least 4 members (excludes halogenated alkanes) is 1. The second-order valence-corrected chi connectivity index (χ2v) is 6.62. The van der Waals surface area contributed by atoms with Crippen LogP contribution in [-0.4, -0.2) is 35.3 Å². The van der Waals surface area contributed by atoms with Gasteiger partial charge in [-0.15, -0.1) is 0 Å². The van der Waals surface area contributed by atoms with Crippen LogP contribution in [0.1, 0.15) is 52.9 Å². The maximum atomic E-state index is 12.6. The number of benzene rings is 1. The molecule has 1 heterocycles.